The highest BCUT2D eigenvalue weighted by Crippen LogP contribution is 2.17. The molecule has 1 unspecified atom stereocenters. The Bertz CT molecular complexity index is 879. The molecular formula is C23H26FNO3. The highest BCUT2D eigenvalue weighted by atomic mass is 19.1. The molecule has 148 valence electrons. The Labute approximate surface area is 165 Å². The Morgan fingerprint density at radius 3 is 2.61 bits per heavy atom. The number of aliphatic hydroxyl groups excluding tert-OH is 1. The van der Waals surface area contributed by atoms with Crippen molar-refractivity contribution in [2.45, 2.75) is 33.0 Å². The second-order valence-corrected chi connectivity index (χ2v) is 7.09. The zero-order chi connectivity index (χ0) is 19.9. The Hall–Kier alpha value is -2.63. The van der Waals surface area contributed by atoms with Crippen LogP contribution < -0.4 is 4.74 Å². The minimum Gasteiger partial charge on any atom is -0.491 e. The third-order valence-corrected chi connectivity index (χ3v) is 4.64. The van der Waals surface area contributed by atoms with Crippen molar-refractivity contribution in [3.63, 3.8) is 0 Å². The summed E-state index contributed by atoms with van der Waals surface area (Å²) in [6, 6.07) is 16.1. The molecule has 0 bridgehead atoms. The van der Waals surface area contributed by atoms with Crippen LogP contribution in [0.5, 0.6) is 5.75 Å². The number of aryl methyl sites for hydroxylation is 2. The van der Waals surface area contributed by atoms with Gasteiger partial charge >= 0.3 is 0 Å². The van der Waals surface area contributed by atoms with Crippen LogP contribution in [0.2, 0.25) is 0 Å². The van der Waals surface area contributed by atoms with Crippen LogP contribution in [0, 0.1) is 19.7 Å². The SMILES string of the molecule is Cc1ccc(OCC(O)CN(Cc2cccc(F)c2)Cc2ccco2)cc1C. The molecule has 3 rings (SSSR count). The molecule has 0 fully saturated rings. The molecule has 28 heavy (non-hydrogen) atoms. The summed E-state index contributed by atoms with van der Waals surface area (Å²) in [5.41, 5.74) is 3.19. The minimum absolute atomic E-state index is 0.181. The van der Waals surface area contributed by atoms with Crippen molar-refractivity contribution >= 4 is 0 Å². The molecule has 0 aliphatic rings. The Balaban J connectivity index is 1.61. The van der Waals surface area contributed by atoms with Crippen molar-refractivity contribution in [1.29, 1.82) is 0 Å². The molecule has 4 nitrogen and oxygen atoms in total. The van der Waals surface area contributed by atoms with Gasteiger partial charge in [-0.1, -0.05) is 18.2 Å². The Morgan fingerprint density at radius 2 is 1.89 bits per heavy atom. The lowest BCUT2D eigenvalue weighted by Crippen LogP contribution is -2.35. The van der Waals surface area contributed by atoms with Gasteiger partial charge in [0.25, 0.3) is 0 Å². The van der Waals surface area contributed by atoms with Gasteiger partial charge in [0.2, 0.25) is 0 Å². The molecule has 0 amide bonds. The number of hydrogen-bond donors (Lipinski definition) is 1. The van der Waals surface area contributed by atoms with Crippen LogP contribution in [0.1, 0.15) is 22.5 Å². The average Bonchev–Trinajstić information content (AvgIpc) is 3.16. The fourth-order valence-electron chi connectivity index (χ4n) is 3.05. The summed E-state index contributed by atoms with van der Waals surface area (Å²) in [6.45, 7) is 5.65. The molecule has 1 N–H and O–H groups in total. The molecular weight excluding hydrogens is 357 g/mol. The second kappa shape index (κ2) is 9.53. The van der Waals surface area contributed by atoms with Gasteiger partial charge in [0.05, 0.1) is 12.8 Å². The summed E-state index contributed by atoms with van der Waals surface area (Å²) >= 11 is 0. The number of halogens is 1. The molecule has 0 saturated heterocycles. The molecule has 0 aliphatic heterocycles. The van der Waals surface area contributed by atoms with Crippen molar-refractivity contribution < 1.29 is 18.7 Å². The predicted octanol–water partition coefficient (Wildman–Crippen LogP) is 4.48. The largest absolute Gasteiger partial charge is 0.491 e. The van der Waals surface area contributed by atoms with E-state index in [4.69, 9.17) is 9.15 Å². The molecule has 0 spiro atoms. The minimum atomic E-state index is -0.690. The summed E-state index contributed by atoms with van der Waals surface area (Å²) in [6.07, 6.45) is 0.930. The van der Waals surface area contributed by atoms with E-state index < -0.39 is 6.10 Å². The van der Waals surface area contributed by atoms with E-state index in [9.17, 15) is 9.50 Å². The maximum Gasteiger partial charge on any atom is 0.123 e. The van der Waals surface area contributed by atoms with Crippen LogP contribution in [0.3, 0.4) is 0 Å². The monoisotopic (exact) mass is 383 g/mol. The molecule has 1 atom stereocenters. The molecule has 5 heteroatoms. The maximum absolute atomic E-state index is 13.5. The molecule has 2 aromatic carbocycles. The zero-order valence-corrected chi connectivity index (χ0v) is 16.3. The van der Waals surface area contributed by atoms with Crippen molar-refractivity contribution in [1.82, 2.24) is 4.90 Å². The number of ether oxygens (including phenoxy) is 1. The smallest absolute Gasteiger partial charge is 0.123 e. The molecule has 1 heterocycles. The van der Waals surface area contributed by atoms with Crippen LogP contribution in [-0.4, -0.2) is 29.3 Å². The van der Waals surface area contributed by atoms with E-state index in [0.717, 1.165) is 22.6 Å². The number of furan rings is 1. The highest BCUT2D eigenvalue weighted by Gasteiger charge is 2.15. The van der Waals surface area contributed by atoms with Gasteiger partial charge in [-0.2, -0.15) is 0 Å². The first-order chi connectivity index (χ1) is 13.5. The Kier molecular flexibility index (Phi) is 6.85. The number of nitrogens with zero attached hydrogens (tertiary/aromatic N) is 1. The lowest BCUT2D eigenvalue weighted by molar-refractivity contribution is 0.0604. The van der Waals surface area contributed by atoms with Crippen molar-refractivity contribution in [2.75, 3.05) is 13.2 Å². The number of benzene rings is 2. The molecule has 0 radical (unpaired) electrons. The molecule has 0 aliphatic carbocycles. The van der Waals surface area contributed by atoms with E-state index >= 15 is 0 Å². The first-order valence-corrected chi connectivity index (χ1v) is 9.37. The van der Waals surface area contributed by atoms with E-state index in [2.05, 4.69) is 0 Å². The van der Waals surface area contributed by atoms with E-state index in [1.54, 1.807) is 12.3 Å². The number of rotatable bonds is 9. The van der Waals surface area contributed by atoms with Gasteiger partial charge < -0.3 is 14.3 Å². The Morgan fingerprint density at radius 1 is 1.04 bits per heavy atom. The summed E-state index contributed by atoms with van der Waals surface area (Å²) in [7, 11) is 0. The summed E-state index contributed by atoms with van der Waals surface area (Å²) in [5, 5.41) is 10.5. The first kappa shape index (κ1) is 20.1. The summed E-state index contributed by atoms with van der Waals surface area (Å²) in [5.74, 6) is 1.26. The topological polar surface area (TPSA) is 45.8 Å². The quantitative estimate of drug-likeness (QED) is 0.592. The van der Waals surface area contributed by atoms with Gasteiger partial charge in [-0.25, -0.2) is 4.39 Å². The van der Waals surface area contributed by atoms with Gasteiger partial charge in [-0.15, -0.1) is 0 Å². The van der Waals surface area contributed by atoms with Crippen molar-refractivity contribution in [3.8, 4) is 5.75 Å². The maximum atomic E-state index is 13.5. The van der Waals surface area contributed by atoms with E-state index in [1.165, 1.54) is 17.7 Å². The predicted molar refractivity (Wildman–Crippen MR) is 107 cm³/mol. The summed E-state index contributed by atoms with van der Waals surface area (Å²) in [4.78, 5) is 2.02. The van der Waals surface area contributed by atoms with Gasteiger partial charge in [0.1, 0.15) is 30.0 Å². The molecule has 0 saturated carbocycles. The number of aliphatic hydroxyl groups is 1. The standard InChI is InChI=1S/C23H26FNO3/c1-17-8-9-22(11-18(17)2)28-16-21(26)14-25(15-23-7-4-10-27-23)13-19-5-3-6-20(24)12-19/h3-12,21,26H,13-16H2,1-2H3. The van der Waals surface area contributed by atoms with E-state index in [-0.39, 0.29) is 12.4 Å². The van der Waals surface area contributed by atoms with Gasteiger partial charge in [0, 0.05) is 13.1 Å². The van der Waals surface area contributed by atoms with E-state index in [1.807, 2.05) is 55.1 Å². The second-order valence-electron chi connectivity index (χ2n) is 7.09. The van der Waals surface area contributed by atoms with Gasteiger partial charge in [-0.3, -0.25) is 4.90 Å². The summed E-state index contributed by atoms with van der Waals surface area (Å²) < 4.78 is 24.7. The normalized spacial score (nSPS) is 12.3. The molecule has 3 aromatic rings. The van der Waals surface area contributed by atoms with Crippen LogP contribution in [0.15, 0.2) is 65.3 Å². The van der Waals surface area contributed by atoms with Crippen LogP contribution in [-0.2, 0) is 13.1 Å². The fraction of sp³-hybridized carbons (Fsp3) is 0.304. The van der Waals surface area contributed by atoms with Crippen molar-refractivity contribution in [3.05, 3.63) is 89.1 Å². The first-order valence-electron chi connectivity index (χ1n) is 9.37. The third-order valence-electron chi connectivity index (χ3n) is 4.64. The van der Waals surface area contributed by atoms with Crippen LogP contribution >= 0.6 is 0 Å². The number of hydrogen-bond acceptors (Lipinski definition) is 4. The average molecular weight is 383 g/mol. The van der Waals surface area contributed by atoms with Gasteiger partial charge in [-0.05, 0) is 66.9 Å². The third kappa shape index (κ3) is 5.94. The van der Waals surface area contributed by atoms with Crippen molar-refractivity contribution in [2.24, 2.45) is 0 Å². The van der Waals surface area contributed by atoms with E-state index in [0.29, 0.717) is 19.6 Å². The fourth-order valence-corrected chi connectivity index (χ4v) is 3.05. The lowest BCUT2D eigenvalue weighted by Gasteiger charge is -2.24. The van der Waals surface area contributed by atoms with Crippen LogP contribution in [0.25, 0.3) is 0 Å². The zero-order valence-electron chi connectivity index (χ0n) is 16.3. The van der Waals surface area contributed by atoms with Gasteiger partial charge in [0.15, 0.2) is 0 Å². The highest BCUT2D eigenvalue weighted by molar-refractivity contribution is 5.33. The lowest BCUT2D eigenvalue weighted by atomic mass is 10.1. The van der Waals surface area contributed by atoms with Crippen LogP contribution in [0.4, 0.5) is 4.39 Å². The molecule has 1 aromatic heterocycles.